The molecular formula is C13H15ClCuN3O6+. The van der Waals surface area contributed by atoms with Gasteiger partial charge in [0, 0.05) is 17.4 Å². The van der Waals surface area contributed by atoms with E-state index in [1.165, 1.54) is 12.3 Å². The van der Waals surface area contributed by atoms with Crippen LogP contribution >= 0.6 is 11.6 Å². The van der Waals surface area contributed by atoms with Gasteiger partial charge in [0.1, 0.15) is 0 Å². The molecule has 0 atom stereocenters. The van der Waals surface area contributed by atoms with Crippen LogP contribution in [0.1, 0.15) is 11.3 Å². The molecule has 11 heteroatoms. The molecule has 5 N–H and O–H groups in total. The number of halogens is 1. The minimum Gasteiger partial charge on any atom is -0.872 e. The van der Waals surface area contributed by atoms with Crippen molar-refractivity contribution >= 4 is 17.8 Å². The Labute approximate surface area is 152 Å². The second-order valence-electron chi connectivity index (χ2n) is 3.70. The van der Waals surface area contributed by atoms with Gasteiger partial charge in [0.15, 0.2) is 0 Å². The van der Waals surface area contributed by atoms with E-state index in [2.05, 4.69) is 9.98 Å². The van der Waals surface area contributed by atoms with Crippen molar-refractivity contribution in [3.63, 3.8) is 0 Å². The fourth-order valence-electron chi connectivity index (χ4n) is 1.35. The van der Waals surface area contributed by atoms with Gasteiger partial charge >= 0.3 is 17.1 Å². The fourth-order valence-corrected chi connectivity index (χ4v) is 1.53. The Bertz CT molecular complexity index is 626. The van der Waals surface area contributed by atoms with Crippen LogP contribution < -0.4 is 5.11 Å². The molecule has 1 radical (unpaired) electrons. The SMILES string of the molecule is O.O=[N+]([O-])[O-].[Cu+2].[O-]c1ccc(Cl)cc1C=NCc1ccccn1.[OH3+]. The maximum atomic E-state index is 11.4. The smallest absolute Gasteiger partial charge is 0.872 e. The molecule has 0 unspecified atom stereocenters. The molecule has 0 bridgehead atoms. The summed E-state index contributed by atoms with van der Waals surface area (Å²) >= 11 is 5.80. The summed E-state index contributed by atoms with van der Waals surface area (Å²) in [4.78, 5) is 16.5. The molecule has 9 nitrogen and oxygen atoms in total. The maximum Gasteiger partial charge on any atom is 2.00 e. The molecule has 0 saturated heterocycles. The number of aliphatic imine (C=N–C) groups is 1. The van der Waals surface area contributed by atoms with Crippen LogP contribution in [0.3, 0.4) is 0 Å². The van der Waals surface area contributed by atoms with Gasteiger partial charge in [-0.2, -0.15) is 0 Å². The second-order valence-corrected chi connectivity index (χ2v) is 4.13. The van der Waals surface area contributed by atoms with E-state index in [1.54, 1.807) is 18.3 Å². The van der Waals surface area contributed by atoms with Gasteiger partial charge in [0.2, 0.25) is 0 Å². The van der Waals surface area contributed by atoms with Crippen molar-refractivity contribution < 1.29 is 38.2 Å². The Balaban J connectivity index is -0.000000571. The molecule has 135 valence electrons. The first kappa shape index (κ1) is 26.7. The van der Waals surface area contributed by atoms with Crippen molar-refractivity contribution in [2.45, 2.75) is 6.54 Å². The van der Waals surface area contributed by atoms with Crippen molar-refractivity contribution in [1.82, 2.24) is 4.98 Å². The monoisotopic (exact) mass is 407 g/mol. The van der Waals surface area contributed by atoms with Crippen LogP contribution in [0, 0.1) is 15.3 Å². The topological polar surface area (TPSA) is 179 Å². The van der Waals surface area contributed by atoms with Crippen molar-refractivity contribution in [2.75, 3.05) is 0 Å². The van der Waals surface area contributed by atoms with E-state index in [-0.39, 0.29) is 33.8 Å². The van der Waals surface area contributed by atoms with Crippen LogP contribution in [0.5, 0.6) is 5.75 Å². The molecule has 1 aromatic heterocycles. The summed E-state index contributed by atoms with van der Waals surface area (Å²) in [7, 11) is 0. The summed E-state index contributed by atoms with van der Waals surface area (Å²) in [6.07, 6.45) is 3.24. The van der Waals surface area contributed by atoms with E-state index in [0.717, 1.165) is 5.69 Å². The minimum absolute atomic E-state index is 0. The number of aromatic nitrogens is 1. The standard InChI is InChI=1S/C13H11ClN2O.Cu.NO3.2H2O/c14-11-4-5-13(17)10(7-11)8-15-9-12-3-1-2-6-16-12;;2-1(3)4;;/h1-8,17H,9H2;;;2*1H2/q;+2;-1;;. The van der Waals surface area contributed by atoms with E-state index in [1.807, 2.05) is 18.2 Å². The molecule has 0 amide bonds. The van der Waals surface area contributed by atoms with E-state index in [4.69, 9.17) is 26.9 Å². The van der Waals surface area contributed by atoms with Crippen LogP contribution in [0.25, 0.3) is 0 Å². The molecule has 0 aliphatic carbocycles. The van der Waals surface area contributed by atoms with Gasteiger partial charge in [-0.15, -0.1) is 0 Å². The van der Waals surface area contributed by atoms with Crippen LogP contribution in [0.4, 0.5) is 0 Å². The van der Waals surface area contributed by atoms with Gasteiger partial charge in [0.25, 0.3) is 0 Å². The zero-order valence-corrected chi connectivity index (χ0v) is 13.8. The number of rotatable bonds is 3. The van der Waals surface area contributed by atoms with Crippen LogP contribution in [0.2, 0.25) is 5.02 Å². The van der Waals surface area contributed by atoms with Crippen LogP contribution in [-0.4, -0.2) is 21.8 Å². The largest absolute Gasteiger partial charge is 2.00 e. The first-order valence-electron chi connectivity index (χ1n) is 5.67. The molecule has 0 saturated carbocycles. The Kier molecular flexibility index (Phi) is 16.0. The first-order valence-corrected chi connectivity index (χ1v) is 6.04. The van der Waals surface area contributed by atoms with Gasteiger partial charge in [-0.1, -0.05) is 29.5 Å². The van der Waals surface area contributed by atoms with E-state index >= 15 is 0 Å². The van der Waals surface area contributed by atoms with Gasteiger partial charge in [-0.3, -0.25) is 9.98 Å². The molecule has 1 heterocycles. The second kappa shape index (κ2) is 14.4. The van der Waals surface area contributed by atoms with Crippen LogP contribution in [0.15, 0.2) is 47.6 Å². The molecule has 0 aliphatic heterocycles. The van der Waals surface area contributed by atoms with Gasteiger partial charge < -0.3 is 31.4 Å². The molecule has 0 fully saturated rings. The summed E-state index contributed by atoms with van der Waals surface area (Å²) in [5.41, 5.74) is 1.35. The number of pyridine rings is 1. The number of benzene rings is 1. The molecule has 2 aromatic rings. The van der Waals surface area contributed by atoms with E-state index in [9.17, 15) is 5.11 Å². The van der Waals surface area contributed by atoms with E-state index in [0.29, 0.717) is 17.1 Å². The summed E-state index contributed by atoms with van der Waals surface area (Å²) in [6, 6.07) is 10.2. The predicted octanol–water partition coefficient (Wildman–Crippen LogP) is 0.439. The third-order valence-corrected chi connectivity index (χ3v) is 2.42. The van der Waals surface area contributed by atoms with Crippen molar-refractivity contribution in [3.05, 3.63) is 74.2 Å². The fraction of sp³-hybridized carbons (Fsp3) is 0.0769. The summed E-state index contributed by atoms with van der Waals surface area (Å²) < 4.78 is 0. The third-order valence-electron chi connectivity index (χ3n) is 2.18. The maximum absolute atomic E-state index is 11.4. The molecule has 1 aromatic carbocycles. The average molecular weight is 408 g/mol. The Morgan fingerprint density at radius 1 is 1.25 bits per heavy atom. The quantitative estimate of drug-likeness (QED) is 0.235. The van der Waals surface area contributed by atoms with Gasteiger partial charge in [-0.05, 0) is 29.8 Å². The zero-order chi connectivity index (χ0) is 15.7. The average Bonchev–Trinajstić information content (AvgIpc) is 2.43. The Hall–Kier alpha value is -2.23. The van der Waals surface area contributed by atoms with Crippen molar-refractivity contribution in [1.29, 1.82) is 0 Å². The predicted molar refractivity (Wildman–Crippen MR) is 85.3 cm³/mol. The minimum atomic E-state index is -1.75. The molecule has 24 heavy (non-hydrogen) atoms. The zero-order valence-electron chi connectivity index (χ0n) is 12.1. The number of hydrogen-bond donors (Lipinski definition) is 0. The van der Waals surface area contributed by atoms with Gasteiger partial charge in [-0.25, -0.2) is 0 Å². The van der Waals surface area contributed by atoms with E-state index < -0.39 is 5.09 Å². The van der Waals surface area contributed by atoms with Crippen LogP contribution in [-0.2, 0) is 29.1 Å². The molecule has 2 rings (SSSR count). The van der Waals surface area contributed by atoms with Crippen molar-refractivity contribution in [3.8, 4) is 5.75 Å². The third kappa shape index (κ3) is 11.4. The summed E-state index contributed by atoms with van der Waals surface area (Å²) in [5, 5.41) is 26.7. The summed E-state index contributed by atoms with van der Waals surface area (Å²) in [6.45, 7) is 0.451. The van der Waals surface area contributed by atoms with Gasteiger partial charge in [0.05, 0.1) is 17.3 Å². The number of nitrogens with zero attached hydrogens (tertiary/aromatic N) is 3. The molecule has 0 spiro atoms. The van der Waals surface area contributed by atoms with Crippen molar-refractivity contribution in [2.24, 2.45) is 4.99 Å². The molecule has 0 aliphatic rings. The Morgan fingerprint density at radius 3 is 2.42 bits per heavy atom. The summed E-state index contributed by atoms with van der Waals surface area (Å²) in [5.74, 6) is -0.0841. The first-order chi connectivity index (χ1) is 9.99. The molecular weight excluding hydrogens is 393 g/mol. The normalized spacial score (nSPS) is 8.71. The number of hydrogen-bond acceptors (Lipinski definition) is 6. The Morgan fingerprint density at radius 2 is 1.88 bits per heavy atom.